The molecule has 1 aromatic heterocycles. The summed E-state index contributed by atoms with van der Waals surface area (Å²) in [5.74, 6) is -0.987. The highest BCUT2D eigenvalue weighted by atomic mass is 35.5. The molecule has 5 nitrogen and oxygen atoms in total. The number of hydrogen-bond acceptors (Lipinski definition) is 3. The monoisotopic (exact) mass is 307 g/mol. The second-order valence-electron chi connectivity index (χ2n) is 4.93. The lowest BCUT2D eigenvalue weighted by Gasteiger charge is -2.10. The van der Waals surface area contributed by atoms with Crippen molar-refractivity contribution in [3.8, 4) is 0 Å². The Labute approximate surface area is 128 Å². The van der Waals surface area contributed by atoms with Gasteiger partial charge in [-0.05, 0) is 44.5 Å². The summed E-state index contributed by atoms with van der Waals surface area (Å²) >= 11 is 5.82. The van der Waals surface area contributed by atoms with Crippen LogP contribution in [0.3, 0.4) is 0 Å². The summed E-state index contributed by atoms with van der Waals surface area (Å²) in [6.07, 6.45) is 0.851. The van der Waals surface area contributed by atoms with Crippen LogP contribution >= 0.6 is 11.6 Å². The molecule has 0 atom stereocenters. The third-order valence-corrected chi connectivity index (χ3v) is 3.41. The Bertz CT molecular complexity index is 652. The first-order valence-corrected chi connectivity index (χ1v) is 7.13. The summed E-state index contributed by atoms with van der Waals surface area (Å²) in [7, 11) is 0. The normalized spacial score (nSPS) is 10.6. The van der Waals surface area contributed by atoms with Crippen molar-refractivity contribution in [1.29, 1.82) is 0 Å². The summed E-state index contributed by atoms with van der Waals surface area (Å²) < 4.78 is 1.96. The van der Waals surface area contributed by atoms with E-state index in [0.717, 1.165) is 24.4 Å². The van der Waals surface area contributed by atoms with Gasteiger partial charge < -0.3 is 10.4 Å². The van der Waals surface area contributed by atoms with Crippen molar-refractivity contribution in [2.75, 3.05) is 11.9 Å². The van der Waals surface area contributed by atoms with Gasteiger partial charge in [-0.3, -0.25) is 4.68 Å². The minimum absolute atomic E-state index is 0.189. The molecule has 0 saturated heterocycles. The molecule has 1 heterocycles. The lowest BCUT2D eigenvalue weighted by molar-refractivity contribution is 0.0698. The van der Waals surface area contributed by atoms with Crippen molar-refractivity contribution in [3.63, 3.8) is 0 Å². The van der Waals surface area contributed by atoms with Gasteiger partial charge in [-0.1, -0.05) is 11.6 Å². The van der Waals surface area contributed by atoms with E-state index in [1.165, 1.54) is 6.07 Å². The number of nitrogens with zero attached hydrogens (tertiary/aromatic N) is 2. The number of anilines is 1. The summed E-state index contributed by atoms with van der Waals surface area (Å²) in [4.78, 5) is 11.2. The third-order valence-electron chi connectivity index (χ3n) is 3.18. The lowest BCUT2D eigenvalue weighted by atomic mass is 10.2. The zero-order valence-corrected chi connectivity index (χ0v) is 12.8. The Kier molecular flexibility index (Phi) is 4.85. The molecule has 0 unspecified atom stereocenters. The number of aromatic nitrogens is 2. The molecule has 0 aliphatic rings. The van der Waals surface area contributed by atoms with Gasteiger partial charge >= 0.3 is 5.97 Å². The number of aromatic carboxylic acids is 1. The van der Waals surface area contributed by atoms with Gasteiger partial charge in [-0.25, -0.2) is 4.79 Å². The van der Waals surface area contributed by atoms with Crippen LogP contribution in [-0.4, -0.2) is 27.4 Å². The molecule has 2 N–H and O–H groups in total. The number of halogens is 1. The molecular weight excluding hydrogens is 290 g/mol. The summed E-state index contributed by atoms with van der Waals surface area (Å²) in [6.45, 7) is 5.45. The molecule has 1 aromatic carbocycles. The van der Waals surface area contributed by atoms with Gasteiger partial charge in [0, 0.05) is 29.5 Å². The highest BCUT2D eigenvalue weighted by molar-refractivity contribution is 6.31. The van der Waals surface area contributed by atoms with Crippen molar-refractivity contribution in [2.24, 2.45) is 0 Å². The Morgan fingerprint density at radius 2 is 2.14 bits per heavy atom. The molecule has 0 aliphatic heterocycles. The Balaban J connectivity index is 1.92. The Hall–Kier alpha value is -2.01. The minimum atomic E-state index is -0.987. The number of benzene rings is 1. The SMILES string of the molecule is Cc1cc(C)n(CCCNc2ccc(Cl)cc2C(=O)O)n1. The largest absolute Gasteiger partial charge is 0.478 e. The van der Waals surface area contributed by atoms with Gasteiger partial charge in [-0.2, -0.15) is 5.10 Å². The highest BCUT2D eigenvalue weighted by Crippen LogP contribution is 2.20. The summed E-state index contributed by atoms with van der Waals surface area (Å²) in [5.41, 5.74) is 2.91. The highest BCUT2D eigenvalue weighted by Gasteiger charge is 2.10. The first-order chi connectivity index (χ1) is 9.97. The molecule has 6 heteroatoms. The number of carboxylic acids is 1. The van der Waals surface area contributed by atoms with Gasteiger partial charge in [0.1, 0.15) is 0 Å². The molecule has 2 rings (SSSR count). The molecule has 0 bridgehead atoms. The molecule has 0 aliphatic carbocycles. The minimum Gasteiger partial charge on any atom is -0.478 e. The standard InChI is InChI=1S/C15H18ClN3O2/c1-10-8-11(2)19(18-10)7-3-6-17-14-5-4-12(16)9-13(14)15(20)21/h4-5,8-9,17H,3,6-7H2,1-2H3,(H,20,21). The van der Waals surface area contributed by atoms with E-state index in [0.29, 0.717) is 17.3 Å². The van der Waals surface area contributed by atoms with Gasteiger partial charge in [0.25, 0.3) is 0 Å². The summed E-state index contributed by atoms with van der Waals surface area (Å²) in [5, 5.41) is 17.1. The van der Waals surface area contributed by atoms with Crippen molar-refractivity contribution in [1.82, 2.24) is 9.78 Å². The topological polar surface area (TPSA) is 67.2 Å². The molecule has 0 fully saturated rings. The van der Waals surface area contributed by atoms with Crippen molar-refractivity contribution in [2.45, 2.75) is 26.8 Å². The molecular formula is C15H18ClN3O2. The smallest absolute Gasteiger partial charge is 0.337 e. The van der Waals surface area contributed by atoms with E-state index in [4.69, 9.17) is 16.7 Å². The van der Waals surface area contributed by atoms with E-state index in [-0.39, 0.29) is 5.56 Å². The van der Waals surface area contributed by atoms with Crippen LogP contribution < -0.4 is 5.32 Å². The number of hydrogen-bond donors (Lipinski definition) is 2. The number of rotatable bonds is 6. The number of carbonyl (C=O) groups is 1. The Morgan fingerprint density at radius 3 is 2.76 bits per heavy atom. The maximum Gasteiger partial charge on any atom is 0.337 e. The first kappa shape index (κ1) is 15.4. The fourth-order valence-electron chi connectivity index (χ4n) is 2.20. The van der Waals surface area contributed by atoms with E-state index in [2.05, 4.69) is 10.4 Å². The lowest BCUT2D eigenvalue weighted by Crippen LogP contribution is -2.11. The van der Waals surface area contributed by atoms with Crippen LogP contribution in [0.15, 0.2) is 24.3 Å². The summed E-state index contributed by atoms with van der Waals surface area (Å²) in [6, 6.07) is 6.86. The second kappa shape index (κ2) is 6.63. The van der Waals surface area contributed by atoms with E-state index in [1.54, 1.807) is 12.1 Å². The van der Waals surface area contributed by atoms with Crippen molar-refractivity contribution in [3.05, 3.63) is 46.2 Å². The molecule has 0 spiro atoms. The first-order valence-electron chi connectivity index (χ1n) is 6.75. The van der Waals surface area contributed by atoms with Crippen LogP contribution in [-0.2, 0) is 6.54 Å². The zero-order valence-electron chi connectivity index (χ0n) is 12.1. The number of aryl methyl sites for hydroxylation is 3. The quantitative estimate of drug-likeness (QED) is 0.803. The van der Waals surface area contributed by atoms with Gasteiger partial charge in [-0.15, -0.1) is 0 Å². The molecule has 0 radical (unpaired) electrons. The predicted molar refractivity (Wildman–Crippen MR) is 83.2 cm³/mol. The van der Waals surface area contributed by atoms with Crippen molar-refractivity contribution >= 4 is 23.3 Å². The van der Waals surface area contributed by atoms with Crippen LogP contribution in [0.4, 0.5) is 5.69 Å². The fourth-order valence-corrected chi connectivity index (χ4v) is 2.37. The molecule has 21 heavy (non-hydrogen) atoms. The van der Waals surface area contributed by atoms with E-state index >= 15 is 0 Å². The molecule has 2 aromatic rings. The van der Waals surface area contributed by atoms with Crippen LogP contribution in [0.1, 0.15) is 28.2 Å². The average molecular weight is 308 g/mol. The predicted octanol–water partition coefficient (Wildman–Crippen LogP) is 3.35. The molecule has 0 saturated carbocycles. The van der Waals surface area contributed by atoms with Gasteiger partial charge in [0.05, 0.1) is 11.3 Å². The van der Waals surface area contributed by atoms with Crippen LogP contribution in [0.25, 0.3) is 0 Å². The average Bonchev–Trinajstić information content (AvgIpc) is 2.74. The second-order valence-corrected chi connectivity index (χ2v) is 5.36. The maximum absolute atomic E-state index is 11.2. The number of carboxylic acid groups (broad SMARTS) is 1. The Morgan fingerprint density at radius 1 is 1.38 bits per heavy atom. The molecule has 112 valence electrons. The van der Waals surface area contributed by atoms with Crippen molar-refractivity contribution < 1.29 is 9.90 Å². The third kappa shape index (κ3) is 3.98. The van der Waals surface area contributed by atoms with Crippen LogP contribution in [0, 0.1) is 13.8 Å². The maximum atomic E-state index is 11.2. The van der Waals surface area contributed by atoms with E-state index < -0.39 is 5.97 Å². The molecule has 0 amide bonds. The van der Waals surface area contributed by atoms with E-state index in [9.17, 15) is 4.79 Å². The van der Waals surface area contributed by atoms with Gasteiger partial charge in [0.15, 0.2) is 0 Å². The number of nitrogens with one attached hydrogen (secondary N) is 1. The van der Waals surface area contributed by atoms with Crippen LogP contribution in [0.2, 0.25) is 5.02 Å². The fraction of sp³-hybridized carbons (Fsp3) is 0.333. The van der Waals surface area contributed by atoms with Crippen LogP contribution in [0.5, 0.6) is 0 Å². The van der Waals surface area contributed by atoms with Gasteiger partial charge in [0.2, 0.25) is 0 Å². The van der Waals surface area contributed by atoms with E-state index in [1.807, 2.05) is 24.6 Å². The zero-order chi connectivity index (χ0) is 15.4.